The first-order chi connectivity index (χ1) is 16.5. The van der Waals surface area contributed by atoms with Crippen molar-refractivity contribution in [2.45, 2.75) is 77.8 Å². The van der Waals surface area contributed by atoms with E-state index >= 15 is 0 Å². The molecule has 2 N–H and O–H groups in total. The lowest BCUT2D eigenvalue weighted by molar-refractivity contribution is -0.135. The number of likely N-dealkylation sites (tertiary alicyclic amines) is 1. The second kappa shape index (κ2) is 9.51. The molecule has 2 saturated heterocycles. The quantitative estimate of drug-likeness (QED) is 0.631. The van der Waals surface area contributed by atoms with E-state index in [1.807, 2.05) is 18.2 Å². The summed E-state index contributed by atoms with van der Waals surface area (Å²) in [6, 6.07) is 5.27. The Morgan fingerprint density at radius 3 is 2.54 bits per heavy atom. The number of nitrogens with one attached hydrogen (secondary N) is 1. The Labute approximate surface area is 205 Å². The predicted molar refractivity (Wildman–Crippen MR) is 132 cm³/mol. The second-order valence-electron chi connectivity index (χ2n) is 11.1. The minimum absolute atomic E-state index is 0.0247. The van der Waals surface area contributed by atoms with Gasteiger partial charge in [0.25, 0.3) is 0 Å². The maximum Gasteiger partial charge on any atom is 0.407 e. The molecule has 2 aliphatic rings. The highest BCUT2D eigenvalue weighted by Crippen LogP contribution is 2.36. The zero-order valence-corrected chi connectivity index (χ0v) is 21.0. The number of carbonyl (C=O) groups excluding carboxylic acids is 2. The minimum atomic E-state index is -0.827. The Hall–Kier alpha value is -3.10. The number of carboxylic acid groups (broad SMARTS) is 1. The van der Waals surface area contributed by atoms with Gasteiger partial charge in [0, 0.05) is 26.1 Å². The summed E-state index contributed by atoms with van der Waals surface area (Å²) < 4.78 is 3.07. The molecule has 3 amide bonds. The lowest BCUT2D eigenvalue weighted by atomic mass is 9.76. The molecule has 1 aromatic carbocycles. The monoisotopic (exact) mass is 484 g/mol. The van der Waals surface area contributed by atoms with E-state index in [4.69, 9.17) is 0 Å². The van der Waals surface area contributed by atoms with E-state index in [0.717, 1.165) is 43.2 Å². The lowest BCUT2D eigenvalue weighted by Gasteiger charge is -2.44. The summed E-state index contributed by atoms with van der Waals surface area (Å²) in [5.41, 5.74) is 2.25. The first kappa shape index (κ1) is 25.0. The number of aryl methyl sites for hydroxylation is 2. The number of rotatable bonds is 5. The Bertz CT molecular complexity index is 1200. The number of imide groups is 1. The van der Waals surface area contributed by atoms with Crippen LogP contribution in [0.1, 0.15) is 70.9 Å². The number of fused-ring (bicyclic) bond motifs is 1. The van der Waals surface area contributed by atoms with Crippen molar-refractivity contribution in [2.75, 3.05) is 6.54 Å². The third-order valence-corrected chi connectivity index (χ3v) is 7.71. The summed E-state index contributed by atoms with van der Waals surface area (Å²) in [6.07, 6.45) is 4.38. The summed E-state index contributed by atoms with van der Waals surface area (Å²) in [6.45, 7) is 6.91. The van der Waals surface area contributed by atoms with Crippen molar-refractivity contribution in [1.29, 1.82) is 0 Å². The fraction of sp³-hybridized carbons (Fsp3) is 0.615. The highest BCUT2D eigenvalue weighted by molar-refractivity contribution is 6.00. The topological polar surface area (TPSA) is 114 Å². The number of aromatic nitrogens is 2. The number of hydrogen-bond acceptors (Lipinski definition) is 4. The van der Waals surface area contributed by atoms with Gasteiger partial charge >= 0.3 is 11.8 Å². The van der Waals surface area contributed by atoms with E-state index < -0.39 is 18.0 Å². The fourth-order valence-corrected chi connectivity index (χ4v) is 5.74. The average Bonchev–Trinajstić information content (AvgIpc) is 3.03. The SMILES string of the molecule is Cn1c(=O)n(C2CCC(=O)NC2=O)c2ccc(CCCC3CCN(C(=O)O)C(C(C)(C)C)C3)cc21. The Morgan fingerprint density at radius 1 is 1.14 bits per heavy atom. The van der Waals surface area contributed by atoms with E-state index in [2.05, 4.69) is 26.1 Å². The van der Waals surface area contributed by atoms with Crippen LogP contribution in [0.4, 0.5) is 4.79 Å². The largest absolute Gasteiger partial charge is 0.465 e. The molecule has 0 spiro atoms. The molecule has 3 unspecified atom stereocenters. The maximum absolute atomic E-state index is 12.9. The number of carbonyl (C=O) groups is 3. The van der Waals surface area contributed by atoms with Crippen molar-refractivity contribution in [2.24, 2.45) is 18.4 Å². The molecular formula is C26H36N4O5. The third kappa shape index (κ3) is 4.99. The molecule has 2 aliphatic heterocycles. The van der Waals surface area contributed by atoms with Gasteiger partial charge in [-0.2, -0.15) is 0 Å². The van der Waals surface area contributed by atoms with Gasteiger partial charge in [-0.15, -0.1) is 0 Å². The van der Waals surface area contributed by atoms with Crippen LogP contribution in [0.3, 0.4) is 0 Å². The van der Waals surface area contributed by atoms with Gasteiger partial charge in [0.15, 0.2) is 0 Å². The van der Waals surface area contributed by atoms with Crippen molar-refractivity contribution in [3.05, 3.63) is 34.2 Å². The molecule has 0 bridgehead atoms. The van der Waals surface area contributed by atoms with Gasteiger partial charge in [0.2, 0.25) is 11.8 Å². The van der Waals surface area contributed by atoms with Crippen molar-refractivity contribution in [3.8, 4) is 0 Å². The first-order valence-corrected chi connectivity index (χ1v) is 12.5. The van der Waals surface area contributed by atoms with Crippen LogP contribution in [-0.2, 0) is 23.1 Å². The van der Waals surface area contributed by atoms with Gasteiger partial charge in [0.05, 0.1) is 11.0 Å². The van der Waals surface area contributed by atoms with Crippen molar-refractivity contribution < 1.29 is 19.5 Å². The Kier molecular flexibility index (Phi) is 6.79. The van der Waals surface area contributed by atoms with Crippen molar-refractivity contribution in [3.63, 3.8) is 0 Å². The molecule has 2 fully saturated rings. The molecule has 1 aromatic heterocycles. The molecule has 4 rings (SSSR count). The highest BCUT2D eigenvalue weighted by atomic mass is 16.4. The number of amides is 3. The number of nitrogens with zero attached hydrogens (tertiary/aromatic N) is 3. The molecule has 0 saturated carbocycles. The molecule has 3 atom stereocenters. The van der Waals surface area contributed by atoms with Crippen LogP contribution in [0.2, 0.25) is 0 Å². The van der Waals surface area contributed by atoms with Gasteiger partial charge in [0.1, 0.15) is 6.04 Å². The number of benzene rings is 1. The van der Waals surface area contributed by atoms with Crippen LogP contribution in [0, 0.1) is 11.3 Å². The highest BCUT2D eigenvalue weighted by Gasteiger charge is 2.38. The fourth-order valence-electron chi connectivity index (χ4n) is 5.74. The summed E-state index contributed by atoms with van der Waals surface area (Å²) in [4.78, 5) is 50.1. The molecule has 2 aromatic rings. The van der Waals surface area contributed by atoms with Crippen LogP contribution in [0.5, 0.6) is 0 Å². The normalized spacial score (nSPS) is 23.5. The van der Waals surface area contributed by atoms with Gasteiger partial charge in [-0.05, 0) is 67.6 Å². The molecule has 3 heterocycles. The van der Waals surface area contributed by atoms with Crippen molar-refractivity contribution >= 4 is 28.9 Å². The average molecular weight is 485 g/mol. The van der Waals surface area contributed by atoms with Crippen molar-refractivity contribution in [1.82, 2.24) is 19.4 Å². The van der Waals surface area contributed by atoms with Crippen LogP contribution >= 0.6 is 0 Å². The number of hydrogen-bond donors (Lipinski definition) is 2. The standard InChI is InChI=1S/C26H36N4O5/c1-26(2,3)21-15-17(12-13-29(21)25(34)35)7-5-6-16-8-9-18-20(14-16)28(4)24(33)30(18)19-10-11-22(31)27-23(19)32/h8-9,14,17,19,21H,5-7,10-13,15H2,1-4H3,(H,34,35)(H,27,31,32). The maximum atomic E-state index is 12.9. The van der Waals surface area contributed by atoms with E-state index in [-0.39, 0.29) is 29.5 Å². The Balaban J connectivity index is 1.44. The van der Waals surface area contributed by atoms with E-state index in [9.17, 15) is 24.3 Å². The van der Waals surface area contributed by atoms with Crippen LogP contribution < -0.4 is 11.0 Å². The number of imidazole rings is 1. The van der Waals surface area contributed by atoms with E-state index in [0.29, 0.717) is 24.4 Å². The summed E-state index contributed by atoms with van der Waals surface area (Å²) in [5, 5.41) is 11.9. The molecule has 0 radical (unpaired) electrons. The third-order valence-electron chi connectivity index (χ3n) is 7.71. The summed E-state index contributed by atoms with van der Waals surface area (Å²) >= 11 is 0. The Morgan fingerprint density at radius 2 is 1.89 bits per heavy atom. The molecule has 35 heavy (non-hydrogen) atoms. The summed E-state index contributed by atoms with van der Waals surface area (Å²) in [7, 11) is 1.71. The first-order valence-electron chi connectivity index (χ1n) is 12.5. The van der Waals surface area contributed by atoms with Gasteiger partial charge < -0.3 is 10.0 Å². The van der Waals surface area contributed by atoms with Crippen LogP contribution in [0.25, 0.3) is 11.0 Å². The molecule has 9 nitrogen and oxygen atoms in total. The van der Waals surface area contributed by atoms with Gasteiger partial charge in [-0.25, -0.2) is 9.59 Å². The van der Waals surface area contributed by atoms with E-state index in [1.165, 1.54) is 4.57 Å². The van der Waals surface area contributed by atoms with Gasteiger partial charge in [-0.3, -0.25) is 24.0 Å². The molecular weight excluding hydrogens is 448 g/mol. The van der Waals surface area contributed by atoms with E-state index in [1.54, 1.807) is 16.5 Å². The zero-order chi connectivity index (χ0) is 25.5. The number of piperidine rings is 2. The van der Waals surface area contributed by atoms with Crippen LogP contribution in [0.15, 0.2) is 23.0 Å². The molecule has 190 valence electrons. The predicted octanol–water partition coefficient (Wildman–Crippen LogP) is 3.45. The van der Waals surface area contributed by atoms with Crippen LogP contribution in [-0.4, -0.2) is 49.6 Å². The molecule has 0 aliphatic carbocycles. The minimum Gasteiger partial charge on any atom is -0.465 e. The smallest absolute Gasteiger partial charge is 0.407 e. The summed E-state index contributed by atoms with van der Waals surface area (Å²) in [5.74, 6) is -0.233. The second-order valence-corrected chi connectivity index (χ2v) is 11.1. The molecule has 9 heteroatoms. The zero-order valence-electron chi connectivity index (χ0n) is 21.0. The van der Waals surface area contributed by atoms with Gasteiger partial charge in [-0.1, -0.05) is 26.8 Å². The lowest BCUT2D eigenvalue weighted by Crippen LogP contribution is -2.51.